The van der Waals surface area contributed by atoms with Crippen molar-refractivity contribution >= 4 is 17.9 Å². The molecule has 0 aromatic heterocycles. The second-order valence-corrected chi connectivity index (χ2v) is 20.5. The van der Waals surface area contributed by atoms with Crippen LogP contribution in [0.25, 0.3) is 0 Å². The summed E-state index contributed by atoms with van der Waals surface area (Å²) in [6.45, 7) is 6.33. The Morgan fingerprint density at radius 2 is 0.487 bits per heavy atom. The topological polar surface area (TPSA) is 78.9 Å². The fraction of sp³-hybridized carbons (Fsp3) is 0.581. The SMILES string of the molecule is CC/C=C\C/C=C\C/C=C\C/C=C\C/C=C\C/C=C\C/C=C\C/C=C\CCCCC(=O)OCC(COC(=O)CCCCCC/C=C\C/C=C\C/C=C\C/C=C\CC)OC(=O)CCCCCCCCC/C=C\C/C=C\CCCCCC. The molecule has 0 rings (SSSR count). The Balaban J connectivity index is 4.53. The summed E-state index contributed by atoms with van der Waals surface area (Å²) in [6, 6.07) is 0. The Morgan fingerprint density at radius 3 is 0.787 bits per heavy atom. The van der Waals surface area contributed by atoms with Crippen LogP contribution in [0.1, 0.15) is 258 Å². The van der Waals surface area contributed by atoms with Crippen LogP contribution < -0.4 is 0 Å². The van der Waals surface area contributed by atoms with Crippen LogP contribution in [-0.4, -0.2) is 37.2 Å². The van der Waals surface area contributed by atoms with Gasteiger partial charge in [-0.3, -0.25) is 14.4 Å². The minimum Gasteiger partial charge on any atom is -0.462 e. The van der Waals surface area contributed by atoms with E-state index in [1.807, 2.05) is 0 Å². The van der Waals surface area contributed by atoms with Crippen LogP contribution >= 0.6 is 0 Å². The summed E-state index contributed by atoms with van der Waals surface area (Å²) in [6.07, 6.45) is 97.8. The third-order valence-electron chi connectivity index (χ3n) is 12.9. The van der Waals surface area contributed by atoms with E-state index in [4.69, 9.17) is 14.2 Å². The van der Waals surface area contributed by atoms with E-state index in [9.17, 15) is 14.4 Å². The summed E-state index contributed by atoms with van der Waals surface area (Å²) >= 11 is 0. The number of allylic oxidation sites excluding steroid dienone is 28. The van der Waals surface area contributed by atoms with Gasteiger partial charge in [-0.1, -0.05) is 255 Å². The van der Waals surface area contributed by atoms with Crippen LogP contribution in [0.3, 0.4) is 0 Å². The van der Waals surface area contributed by atoms with E-state index in [0.29, 0.717) is 19.3 Å². The van der Waals surface area contributed by atoms with Crippen molar-refractivity contribution in [2.45, 2.75) is 264 Å². The van der Waals surface area contributed by atoms with Crippen LogP contribution in [0, 0.1) is 0 Å². The molecule has 448 valence electrons. The molecule has 0 saturated heterocycles. The number of ether oxygens (including phenoxy) is 3. The molecule has 0 heterocycles. The maximum Gasteiger partial charge on any atom is 0.306 e. The van der Waals surface area contributed by atoms with Gasteiger partial charge >= 0.3 is 17.9 Å². The first kappa shape index (κ1) is 74.8. The molecule has 0 fully saturated rings. The van der Waals surface area contributed by atoms with Crippen LogP contribution in [0.2, 0.25) is 0 Å². The minimum absolute atomic E-state index is 0.116. The summed E-state index contributed by atoms with van der Waals surface area (Å²) < 4.78 is 16.9. The Hall–Kier alpha value is -5.23. The van der Waals surface area contributed by atoms with Crippen molar-refractivity contribution in [3.05, 3.63) is 170 Å². The van der Waals surface area contributed by atoms with Crippen LogP contribution in [0.15, 0.2) is 170 Å². The molecule has 1 atom stereocenters. The minimum atomic E-state index is -0.822. The molecule has 0 aliphatic rings. The van der Waals surface area contributed by atoms with Gasteiger partial charge in [-0.2, -0.15) is 0 Å². The maximum absolute atomic E-state index is 12.9. The Morgan fingerprint density at radius 1 is 0.263 bits per heavy atom. The lowest BCUT2D eigenvalue weighted by Gasteiger charge is -2.18. The lowest BCUT2D eigenvalue weighted by Crippen LogP contribution is -2.30. The van der Waals surface area contributed by atoms with Gasteiger partial charge in [0, 0.05) is 19.3 Å². The van der Waals surface area contributed by atoms with Gasteiger partial charge in [-0.15, -0.1) is 0 Å². The van der Waals surface area contributed by atoms with Crippen molar-refractivity contribution in [1.82, 2.24) is 0 Å². The fourth-order valence-electron chi connectivity index (χ4n) is 8.18. The first-order valence-electron chi connectivity index (χ1n) is 32.1. The van der Waals surface area contributed by atoms with Crippen molar-refractivity contribution in [3.8, 4) is 0 Å². The highest BCUT2D eigenvalue weighted by Crippen LogP contribution is 2.13. The third-order valence-corrected chi connectivity index (χ3v) is 12.9. The van der Waals surface area contributed by atoms with Gasteiger partial charge < -0.3 is 14.2 Å². The van der Waals surface area contributed by atoms with E-state index in [0.717, 1.165) is 154 Å². The molecule has 1 unspecified atom stereocenters. The molecular weight excluding hydrogens is 985 g/mol. The summed E-state index contributed by atoms with van der Waals surface area (Å²) in [5.41, 5.74) is 0. The summed E-state index contributed by atoms with van der Waals surface area (Å²) in [5, 5.41) is 0. The van der Waals surface area contributed by atoms with Crippen molar-refractivity contribution in [2.24, 2.45) is 0 Å². The second kappa shape index (κ2) is 66.3. The first-order valence-corrected chi connectivity index (χ1v) is 32.1. The van der Waals surface area contributed by atoms with E-state index in [2.05, 4.69) is 191 Å². The molecule has 0 N–H and O–H groups in total. The smallest absolute Gasteiger partial charge is 0.306 e. The van der Waals surface area contributed by atoms with Crippen molar-refractivity contribution in [1.29, 1.82) is 0 Å². The van der Waals surface area contributed by atoms with E-state index in [-0.39, 0.29) is 37.5 Å². The predicted molar refractivity (Wildman–Crippen MR) is 348 cm³/mol. The van der Waals surface area contributed by atoms with Gasteiger partial charge in [0.05, 0.1) is 0 Å². The average Bonchev–Trinajstić information content (AvgIpc) is 3.46. The van der Waals surface area contributed by atoms with Gasteiger partial charge in [-0.05, 0) is 154 Å². The molecule has 6 heteroatoms. The zero-order valence-corrected chi connectivity index (χ0v) is 51.3. The molecule has 0 aliphatic heterocycles. The monoisotopic (exact) mass is 1100 g/mol. The number of carbonyl (C=O) groups excluding carboxylic acids is 3. The molecule has 0 bridgehead atoms. The third kappa shape index (κ3) is 63.6. The van der Waals surface area contributed by atoms with Gasteiger partial charge in [0.2, 0.25) is 0 Å². The first-order chi connectivity index (χ1) is 39.5. The second-order valence-electron chi connectivity index (χ2n) is 20.5. The molecule has 0 radical (unpaired) electrons. The quantitative estimate of drug-likeness (QED) is 0.0261. The lowest BCUT2D eigenvalue weighted by molar-refractivity contribution is -0.167. The zero-order valence-electron chi connectivity index (χ0n) is 51.3. The molecule has 0 saturated carbocycles. The standard InChI is InChI=1S/C74H116O6/c1-4-7-10-13-16-19-22-25-28-31-33-34-35-36-37-38-39-40-41-44-46-49-52-55-58-61-64-67-73(76)79-70-71(69-78-72(75)66-63-60-57-54-51-48-45-42-30-27-24-21-18-15-12-9-6-3)80-74(77)68-65-62-59-56-53-50-47-43-32-29-26-23-20-17-14-11-8-5-2/h7,9-10,12,16,18-21,23,25,27-30,32-34,36-37,39-40,44-46,48,52,55,71H,4-6,8,11,13-15,17,22,24,26,31,35,38,41-43,47,49-51,53-54,56-70H2,1-3H3/b10-7-,12-9-,19-16-,21-18-,23-20-,28-25-,30-27-,32-29-,34-33-,37-36-,40-39-,46-44-,48-45-,55-52-. The number of esters is 3. The van der Waals surface area contributed by atoms with Gasteiger partial charge in [0.25, 0.3) is 0 Å². The van der Waals surface area contributed by atoms with Gasteiger partial charge in [0.15, 0.2) is 6.10 Å². The van der Waals surface area contributed by atoms with Gasteiger partial charge in [-0.25, -0.2) is 0 Å². The molecular formula is C74H116O6. The van der Waals surface area contributed by atoms with E-state index >= 15 is 0 Å². The van der Waals surface area contributed by atoms with Crippen LogP contribution in [0.5, 0.6) is 0 Å². The number of rotatable bonds is 56. The van der Waals surface area contributed by atoms with Gasteiger partial charge in [0.1, 0.15) is 13.2 Å². The lowest BCUT2D eigenvalue weighted by atomic mass is 10.1. The summed E-state index contributed by atoms with van der Waals surface area (Å²) in [4.78, 5) is 38.3. The molecule has 0 aromatic carbocycles. The van der Waals surface area contributed by atoms with Crippen LogP contribution in [-0.2, 0) is 28.6 Å². The predicted octanol–water partition coefficient (Wildman–Crippen LogP) is 22.3. The Labute approximate surface area is 492 Å². The summed E-state index contributed by atoms with van der Waals surface area (Å²) in [5.74, 6) is -0.995. The molecule has 0 amide bonds. The summed E-state index contributed by atoms with van der Waals surface area (Å²) in [7, 11) is 0. The highest BCUT2D eigenvalue weighted by atomic mass is 16.6. The van der Waals surface area contributed by atoms with Crippen molar-refractivity contribution in [2.75, 3.05) is 13.2 Å². The Bertz CT molecular complexity index is 1840. The van der Waals surface area contributed by atoms with Crippen molar-refractivity contribution in [3.63, 3.8) is 0 Å². The highest BCUT2D eigenvalue weighted by molar-refractivity contribution is 5.71. The Kier molecular flexibility index (Phi) is 61.9. The average molecular weight is 1100 g/mol. The number of hydrogen-bond donors (Lipinski definition) is 0. The largest absolute Gasteiger partial charge is 0.462 e. The molecule has 0 aliphatic carbocycles. The van der Waals surface area contributed by atoms with Crippen LogP contribution in [0.4, 0.5) is 0 Å². The number of unbranched alkanes of at least 4 members (excludes halogenated alkanes) is 17. The molecule has 80 heavy (non-hydrogen) atoms. The number of hydrogen-bond acceptors (Lipinski definition) is 6. The van der Waals surface area contributed by atoms with E-state index in [1.165, 1.54) is 57.8 Å². The highest BCUT2D eigenvalue weighted by Gasteiger charge is 2.19. The van der Waals surface area contributed by atoms with Crippen molar-refractivity contribution < 1.29 is 28.6 Å². The number of carbonyl (C=O) groups is 3. The molecule has 0 aromatic rings. The maximum atomic E-state index is 12.9. The normalized spacial score (nSPS) is 13.3. The van der Waals surface area contributed by atoms with E-state index < -0.39 is 6.10 Å². The molecule has 0 spiro atoms. The van der Waals surface area contributed by atoms with E-state index in [1.54, 1.807) is 0 Å². The molecule has 6 nitrogen and oxygen atoms in total. The zero-order chi connectivity index (χ0) is 57.8. The fourth-order valence-corrected chi connectivity index (χ4v) is 8.18.